The molecule has 176 valence electrons. The van der Waals surface area contributed by atoms with Crippen LogP contribution in [0.2, 0.25) is 0 Å². The van der Waals surface area contributed by atoms with E-state index in [1.165, 1.54) is 16.9 Å². The molecule has 5 heteroatoms. The quantitative estimate of drug-likeness (QED) is 0.546. The van der Waals surface area contributed by atoms with Gasteiger partial charge in [-0.1, -0.05) is 51.0 Å². The molecule has 5 aliphatic rings. The van der Waals surface area contributed by atoms with Crippen molar-refractivity contribution in [1.29, 1.82) is 0 Å². The number of benzene rings is 1. The van der Waals surface area contributed by atoms with E-state index in [1.54, 1.807) is 0 Å². The van der Waals surface area contributed by atoms with Crippen LogP contribution in [0.25, 0.3) is 0 Å². The molecule has 0 spiro atoms. The van der Waals surface area contributed by atoms with Gasteiger partial charge in [-0.3, -0.25) is 18.7 Å². The summed E-state index contributed by atoms with van der Waals surface area (Å²) in [7, 11) is -1.08. The Kier molecular flexibility index (Phi) is 4.86. The molecule has 0 N–H and O–H groups in total. The molecule has 1 aromatic carbocycles. The monoisotopic (exact) mass is 465 g/mol. The van der Waals surface area contributed by atoms with Crippen LogP contribution in [0.5, 0.6) is 0 Å². The van der Waals surface area contributed by atoms with Crippen molar-refractivity contribution in [3.05, 3.63) is 40.8 Å². The van der Waals surface area contributed by atoms with Crippen LogP contribution >= 0.6 is 0 Å². The number of imide groups is 1. The van der Waals surface area contributed by atoms with Crippen LogP contribution in [-0.4, -0.2) is 21.3 Å². The molecule has 4 aliphatic carbocycles. The molecule has 7 atom stereocenters. The number of rotatable bonds is 3. The van der Waals surface area contributed by atoms with Crippen molar-refractivity contribution >= 4 is 28.3 Å². The number of hydrogen-bond donors (Lipinski definition) is 0. The number of carbonyl (C=O) groups is 2. The van der Waals surface area contributed by atoms with Crippen molar-refractivity contribution in [1.82, 2.24) is 0 Å². The third-order valence-corrected chi connectivity index (χ3v) is 12.7. The fourth-order valence-corrected chi connectivity index (χ4v) is 10.7. The first-order valence-corrected chi connectivity index (χ1v) is 14.0. The molecular formula is C28H35NO3S. The van der Waals surface area contributed by atoms with Crippen LogP contribution in [0, 0.1) is 34.5 Å². The molecule has 1 saturated heterocycles. The number of nitrogens with zero attached hydrogens (tertiary/aromatic N) is 1. The lowest BCUT2D eigenvalue weighted by Crippen LogP contribution is -2.41. The maximum absolute atomic E-state index is 14.3. The lowest BCUT2D eigenvalue weighted by molar-refractivity contribution is -0.122. The van der Waals surface area contributed by atoms with Gasteiger partial charge < -0.3 is 0 Å². The van der Waals surface area contributed by atoms with Gasteiger partial charge in [-0.25, -0.2) is 0 Å². The molecule has 0 radical (unpaired) electrons. The predicted octanol–water partition coefficient (Wildman–Crippen LogP) is 5.60. The van der Waals surface area contributed by atoms with E-state index >= 15 is 0 Å². The molecule has 3 saturated carbocycles. The van der Waals surface area contributed by atoms with Crippen molar-refractivity contribution in [2.45, 2.75) is 77.4 Å². The molecule has 1 aromatic rings. The van der Waals surface area contributed by atoms with Crippen LogP contribution in [0.1, 0.15) is 72.1 Å². The standard InChI is InChI=1S/C28H35NO3S/c1-27(2)17-13-14-28(27,3)23(15-17)33(32)22-16-21-24(20-12-8-7-11-19(20)22)26(31)29(25(21)30)18-9-5-4-6-10-18/h4-6,9-10,17,20-21,23-24H,7-8,11-16H2,1-3H3/t17-,20+,21+,23-,24-,28+,33?/m0/s1. The molecule has 4 nitrogen and oxygen atoms in total. The number of anilines is 1. The second-order valence-corrected chi connectivity index (χ2v) is 13.5. The SMILES string of the molecule is CC1(C)[C@H]2CC[C@]1(C)[C@@H](S(=O)C1=C3CCCC[C@H]3[C@@H]3C(=O)N(c4ccccc4)C(=O)[C@@H]3C1)C2. The Bertz CT molecular complexity index is 1080. The van der Waals surface area contributed by atoms with Gasteiger partial charge in [0, 0.05) is 10.2 Å². The minimum atomic E-state index is -1.08. The van der Waals surface area contributed by atoms with Crippen LogP contribution in [0.3, 0.4) is 0 Å². The first-order chi connectivity index (χ1) is 15.8. The van der Waals surface area contributed by atoms with E-state index in [9.17, 15) is 13.8 Å². The molecule has 1 aliphatic heterocycles. The zero-order chi connectivity index (χ0) is 23.1. The van der Waals surface area contributed by atoms with Gasteiger partial charge in [0.25, 0.3) is 0 Å². The summed E-state index contributed by atoms with van der Waals surface area (Å²) in [6, 6.07) is 9.35. The van der Waals surface area contributed by atoms with E-state index in [2.05, 4.69) is 20.8 Å². The summed E-state index contributed by atoms with van der Waals surface area (Å²) in [6.07, 6.45) is 8.01. The topological polar surface area (TPSA) is 54.5 Å². The summed E-state index contributed by atoms with van der Waals surface area (Å²) in [5.74, 6) is -0.0400. The number of fused-ring (bicyclic) bond motifs is 5. The van der Waals surface area contributed by atoms with Gasteiger partial charge in [0.2, 0.25) is 11.8 Å². The molecule has 1 unspecified atom stereocenters. The largest absolute Gasteiger partial charge is 0.274 e. The van der Waals surface area contributed by atoms with Gasteiger partial charge in [-0.2, -0.15) is 0 Å². The lowest BCUT2D eigenvalue weighted by Gasteiger charge is -2.42. The Labute approximate surface area is 199 Å². The summed E-state index contributed by atoms with van der Waals surface area (Å²) in [5.41, 5.74) is 2.25. The van der Waals surface area contributed by atoms with Crippen LogP contribution in [0.15, 0.2) is 40.8 Å². The Morgan fingerprint density at radius 3 is 2.39 bits per heavy atom. The first-order valence-electron chi connectivity index (χ1n) is 12.8. The van der Waals surface area contributed by atoms with Gasteiger partial charge in [0.15, 0.2) is 0 Å². The third kappa shape index (κ3) is 2.84. The van der Waals surface area contributed by atoms with Gasteiger partial charge in [-0.15, -0.1) is 0 Å². The summed E-state index contributed by atoms with van der Waals surface area (Å²) in [6.45, 7) is 7.10. The maximum atomic E-state index is 14.3. The van der Waals surface area contributed by atoms with E-state index < -0.39 is 10.8 Å². The van der Waals surface area contributed by atoms with Crippen LogP contribution in [-0.2, 0) is 20.4 Å². The minimum absolute atomic E-state index is 0.0431. The second-order valence-electron chi connectivity index (χ2n) is 11.9. The minimum Gasteiger partial charge on any atom is -0.274 e. The number of hydrogen-bond acceptors (Lipinski definition) is 3. The number of allylic oxidation sites excluding steroid dienone is 2. The Morgan fingerprint density at radius 1 is 0.970 bits per heavy atom. The second kappa shape index (κ2) is 7.37. The molecule has 33 heavy (non-hydrogen) atoms. The fourth-order valence-electron chi connectivity index (χ4n) is 8.20. The Balaban J connectivity index is 1.38. The van der Waals surface area contributed by atoms with Crippen LogP contribution < -0.4 is 4.90 Å². The maximum Gasteiger partial charge on any atom is 0.238 e. The highest BCUT2D eigenvalue weighted by Gasteiger charge is 2.64. The van der Waals surface area contributed by atoms with Gasteiger partial charge in [-0.05, 0) is 79.7 Å². The van der Waals surface area contributed by atoms with E-state index in [1.807, 2.05) is 30.3 Å². The highest BCUT2D eigenvalue weighted by atomic mass is 32.2. The fraction of sp³-hybridized carbons (Fsp3) is 0.643. The van der Waals surface area contributed by atoms with E-state index in [0.717, 1.165) is 43.4 Å². The Hall–Kier alpha value is -1.75. The number of para-hydroxylation sites is 1. The Morgan fingerprint density at radius 2 is 1.73 bits per heavy atom. The van der Waals surface area contributed by atoms with Crippen molar-refractivity contribution in [2.24, 2.45) is 34.5 Å². The molecular weight excluding hydrogens is 430 g/mol. The highest BCUT2D eigenvalue weighted by molar-refractivity contribution is 7.89. The van der Waals surface area contributed by atoms with Crippen molar-refractivity contribution in [2.75, 3.05) is 4.90 Å². The van der Waals surface area contributed by atoms with Gasteiger partial charge in [0.05, 0.1) is 28.3 Å². The average Bonchev–Trinajstić information content (AvgIpc) is 3.29. The van der Waals surface area contributed by atoms with Crippen molar-refractivity contribution in [3.63, 3.8) is 0 Å². The smallest absolute Gasteiger partial charge is 0.238 e. The van der Waals surface area contributed by atoms with Crippen molar-refractivity contribution < 1.29 is 13.8 Å². The number of amides is 2. The molecule has 0 aromatic heterocycles. The van der Waals surface area contributed by atoms with E-state index in [4.69, 9.17) is 0 Å². The van der Waals surface area contributed by atoms with Crippen molar-refractivity contribution in [3.8, 4) is 0 Å². The average molecular weight is 466 g/mol. The first kappa shape index (κ1) is 21.8. The number of carbonyl (C=O) groups excluding carboxylic acids is 2. The summed E-state index contributed by atoms with van der Waals surface area (Å²) in [5, 5.41) is 0.172. The molecule has 1 heterocycles. The lowest BCUT2D eigenvalue weighted by atomic mass is 9.67. The highest BCUT2D eigenvalue weighted by Crippen LogP contribution is 2.67. The van der Waals surface area contributed by atoms with Gasteiger partial charge in [0.1, 0.15) is 0 Å². The van der Waals surface area contributed by atoms with Gasteiger partial charge >= 0.3 is 0 Å². The zero-order valence-electron chi connectivity index (χ0n) is 20.0. The van der Waals surface area contributed by atoms with E-state index in [-0.39, 0.29) is 45.6 Å². The molecule has 6 rings (SSSR count). The molecule has 2 bridgehead atoms. The summed E-state index contributed by atoms with van der Waals surface area (Å²) < 4.78 is 14.3. The summed E-state index contributed by atoms with van der Waals surface area (Å²) >= 11 is 0. The predicted molar refractivity (Wildman–Crippen MR) is 131 cm³/mol. The molecule has 4 fully saturated rings. The van der Waals surface area contributed by atoms with Crippen LogP contribution in [0.4, 0.5) is 5.69 Å². The van der Waals surface area contributed by atoms with E-state index in [0.29, 0.717) is 18.0 Å². The zero-order valence-corrected chi connectivity index (χ0v) is 20.8. The molecule has 2 amide bonds. The third-order valence-electron chi connectivity index (χ3n) is 10.6. The summed E-state index contributed by atoms with van der Waals surface area (Å²) in [4.78, 5) is 29.7. The normalized spacial score (nSPS) is 40.2.